The fraction of sp³-hybridized carbons (Fsp3) is 0.500. The monoisotopic (exact) mass is 364 g/mol. The maximum atomic E-state index is 12.2. The first-order chi connectivity index (χ1) is 11.6. The van der Waals surface area contributed by atoms with Gasteiger partial charge in [-0.05, 0) is 31.2 Å². The van der Waals surface area contributed by atoms with Crippen molar-refractivity contribution in [3.05, 3.63) is 47.6 Å². The molecular weight excluding hydrogens is 340 g/mol. The Labute approximate surface area is 154 Å². The summed E-state index contributed by atoms with van der Waals surface area (Å²) in [4.78, 5) is 16.6. The van der Waals surface area contributed by atoms with Gasteiger partial charge in [0.25, 0.3) is 0 Å². The van der Waals surface area contributed by atoms with Gasteiger partial charge in [0.05, 0.1) is 0 Å². The van der Waals surface area contributed by atoms with Gasteiger partial charge in [-0.25, -0.2) is 0 Å². The molecule has 1 aromatic heterocycles. The number of hydrogen-bond acceptors (Lipinski definition) is 5. The van der Waals surface area contributed by atoms with Crippen LogP contribution in [0.15, 0.2) is 34.9 Å². The molecule has 0 aliphatic heterocycles. The zero-order chi connectivity index (χ0) is 16.9. The molecule has 25 heavy (non-hydrogen) atoms. The number of nitrogens with two attached hydrogens (primary N) is 1. The highest BCUT2D eigenvalue weighted by Gasteiger charge is 2.27. The van der Waals surface area contributed by atoms with E-state index in [1.54, 1.807) is 0 Å². The molecule has 6 nitrogen and oxygen atoms in total. The Morgan fingerprint density at radius 1 is 1.36 bits per heavy atom. The van der Waals surface area contributed by atoms with E-state index >= 15 is 0 Å². The van der Waals surface area contributed by atoms with E-state index in [4.69, 9.17) is 10.3 Å². The zero-order valence-electron chi connectivity index (χ0n) is 14.4. The van der Waals surface area contributed by atoms with Crippen molar-refractivity contribution in [2.75, 3.05) is 0 Å². The van der Waals surface area contributed by atoms with Crippen LogP contribution in [0.25, 0.3) is 0 Å². The van der Waals surface area contributed by atoms with Gasteiger partial charge in [-0.3, -0.25) is 4.79 Å². The lowest BCUT2D eigenvalue weighted by Crippen LogP contribution is -2.33. The molecule has 1 aromatic carbocycles. The molecule has 0 radical (unpaired) electrons. The molecule has 1 aliphatic rings. The first kappa shape index (κ1) is 19.4. The summed E-state index contributed by atoms with van der Waals surface area (Å²) < 4.78 is 5.29. The van der Waals surface area contributed by atoms with Gasteiger partial charge >= 0.3 is 0 Å². The SMILES string of the molecule is CC(NC(=O)C[C@@H]1CCC[C@H]1N)c1nc(Cc2ccccc2)no1.Cl. The summed E-state index contributed by atoms with van der Waals surface area (Å²) in [5, 5.41) is 6.93. The van der Waals surface area contributed by atoms with E-state index < -0.39 is 0 Å². The average Bonchev–Trinajstić information content (AvgIpc) is 3.18. The predicted molar refractivity (Wildman–Crippen MR) is 97.3 cm³/mol. The molecule has 1 fully saturated rings. The number of nitrogens with zero attached hydrogens (tertiary/aromatic N) is 2. The van der Waals surface area contributed by atoms with E-state index in [0.29, 0.717) is 24.6 Å². The van der Waals surface area contributed by atoms with Crippen LogP contribution in [0, 0.1) is 5.92 Å². The number of halogens is 1. The van der Waals surface area contributed by atoms with Crippen LogP contribution in [-0.2, 0) is 11.2 Å². The van der Waals surface area contributed by atoms with Crippen LogP contribution in [0.2, 0.25) is 0 Å². The molecule has 3 rings (SSSR count). The Bertz CT molecular complexity index is 677. The van der Waals surface area contributed by atoms with E-state index in [0.717, 1.165) is 24.8 Å². The first-order valence-corrected chi connectivity index (χ1v) is 8.53. The van der Waals surface area contributed by atoms with Crippen molar-refractivity contribution < 1.29 is 9.32 Å². The summed E-state index contributed by atoms with van der Waals surface area (Å²) in [5.74, 6) is 1.33. The average molecular weight is 365 g/mol. The number of amides is 1. The molecule has 1 saturated carbocycles. The van der Waals surface area contributed by atoms with Crippen molar-refractivity contribution in [3.8, 4) is 0 Å². The lowest BCUT2D eigenvalue weighted by atomic mass is 10.00. The summed E-state index contributed by atoms with van der Waals surface area (Å²) in [6.45, 7) is 1.85. The number of carbonyl (C=O) groups is 1. The van der Waals surface area contributed by atoms with E-state index in [1.807, 2.05) is 37.3 Å². The second-order valence-electron chi connectivity index (χ2n) is 6.56. The third-order valence-electron chi connectivity index (χ3n) is 4.60. The van der Waals surface area contributed by atoms with Crippen molar-refractivity contribution in [2.24, 2.45) is 11.7 Å². The third-order valence-corrected chi connectivity index (χ3v) is 4.60. The molecular formula is C18H25ClN4O2. The molecule has 1 amide bonds. The minimum atomic E-state index is -0.299. The fourth-order valence-corrected chi connectivity index (χ4v) is 3.21. The summed E-state index contributed by atoms with van der Waals surface area (Å²) in [5.41, 5.74) is 7.15. The standard InChI is InChI=1S/C18H24N4O2.ClH/c1-12(20-17(23)11-14-8-5-9-15(14)19)18-21-16(22-24-18)10-13-6-3-2-4-7-13;/h2-4,6-7,12,14-15H,5,8-11,19H2,1H3,(H,20,23);1H/t12?,14-,15+;/m0./s1. The number of hydrogen-bond donors (Lipinski definition) is 2. The quantitative estimate of drug-likeness (QED) is 0.821. The van der Waals surface area contributed by atoms with Crippen LogP contribution >= 0.6 is 12.4 Å². The van der Waals surface area contributed by atoms with E-state index in [1.165, 1.54) is 0 Å². The topological polar surface area (TPSA) is 94.0 Å². The largest absolute Gasteiger partial charge is 0.345 e. The molecule has 7 heteroatoms. The van der Waals surface area contributed by atoms with Crippen LogP contribution in [0.3, 0.4) is 0 Å². The lowest BCUT2D eigenvalue weighted by molar-refractivity contribution is -0.122. The molecule has 1 heterocycles. The number of benzene rings is 1. The lowest BCUT2D eigenvalue weighted by Gasteiger charge is -2.16. The summed E-state index contributed by atoms with van der Waals surface area (Å²) >= 11 is 0. The highest BCUT2D eigenvalue weighted by Crippen LogP contribution is 2.27. The summed E-state index contributed by atoms with van der Waals surface area (Å²) in [6.07, 6.45) is 4.24. The van der Waals surface area contributed by atoms with Gasteiger partial charge in [0.2, 0.25) is 11.8 Å². The van der Waals surface area contributed by atoms with Gasteiger partial charge in [-0.2, -0.15) is 4.98 Å². The third kappa shape index (κ3) is 5.28. The molecule has 3 atom stereocenters. The minimum Gasteiger partial charge on any atom is -0.345 e. The van der Waals surface area contributed by atoms with Gasteiger partial charge < -0.3 is 15.6 Å². The zero-order valence-corrected chi connectivity index (χ0v) is 15.2. The molecule has 0 bridgehead atoms. The van der Waals surface area contributed by atoms with Crippen LogP contribution in [0.4, 0.5) is 0 Å². The van der Waals surface area contributed by atoms with Crippen molar-refractivity contribution in [1.29, 1.82) is 0 Å². The van der Waals surface area contributed by atoms with E-state index in [2.05, 4.69) is 15.5 Å². The summed E-state index contributed by atoms with van der Waals surface area (Å²) in [6, 6.07) is 9.82. The Morgan fingerprint density at radius 3 is 2.80 bits per heavy atom. The number of carbonyl (C=O) groups excluding carboxylic acids is 1. The van der Waals surface area contributed by atoms with Crippen LogP contribution in [0.5, 0.6) is 0 Å². The number of aromatic nitrogens is 2. The normalized spacial score (nSPS) is 20.7. The predicted octanol–water partition coefficient (Wildman–Crippen LogP) is 2.78. The number of nitrogens with one attached hydrogen (secondary N) is 1. The van der Waals surface area contributed by atoms with Gasteiger partial charge in [0.15, 0.2) is 5.82 Å². The van der Waals surface area contributed by atoms with Crippen LogP contribution < -0.4 is 11.1 Å². The van der Waals surface area contributed by atoms with Crippen LogP contribution in [-0.4, -0.2) is 22.1 Å². The first-order valence-electron chi connectivity index (χ1n) is 8.53. The Kier molecular flexibility index (Phi) is 6.96. The van der Waals surface area contributed by atoms with Crippen molar-refractivity contribution in [3.63, 3.8) is 0 Å². The van der Waals surface area contributed by atoms with Gasteiger partial charge in [-0.1, -0.05) is 41.9 Å². The van der Waals surface area contributed by atoms with Gasteiger partial charge in [-0.15, -0.1) is 12.4 Å². The molecule has 0 spiro atoms. The highest BCUT2D eigenvalue weighted by atomic mass is 35.5. The second-order valence-corrected chi connectivity index (χ2v) is 6.56. The minimum absolute atomic E-state index is 0. The summed E-state index contributed by atoms with van der Waals surface area (Å²) in [7, 11) is 0. The van der Waals surface area contributed by atoms with Crippen molar-refractivity contribution >= 4 is 18.3 Å². The Morgan fingerprint density at radius 2 is 2.12 bits per heavy atom. The Balaban J connectivity index is 0.00000225. The highest BCUT2D eigenvalue weighted by molar-refractivity contribution is 5.85. The van der Waals surface area contributed by atoms with Crippen LogP contribution in [0.1, 0.15) is 55.9 Å². The molecule has 2 aromatic rings. The maximum Gasteiger partial charge on any atom is 0.248 e. The van der Waals surface area contributed by atoms with E-state index in [-0.39, 0.29) is 36.3 Å². The molecule has 3 N–H and O–H groups in total. The molecule has 136 valence electrons. The Hall–Kier alpha value is -1.92. The number of rotatable bonds is 6. The van der Waals surface area contributed by atoms with Crippen molar-refractivity contribution in [1.82, 2.24) is 15.5 Å². The molecule has 1 aliphatic carbocycles. The molecule has 0 saturated heterocycles. The van der Waals surface area contributed by atoms with Gasteiger partial charge in [0, 0.05) is 18.9 Å². The fourth-order valence-electron chi connectivity index (χ4n) is 3.21. The van der Waals surface area contributed by atoms with Gasteiger partial charge in [0.1, 0.15) is 6.04 Å². The molecule has 1 unspecified atom stereocenters. The van der Waals surface area contributed by atoms with E-state index in [9.17, 15) is 4.79 Å². The smallest absolute Gasteiger partial charge is 0.248 e. The second kappa shape index (κ2) is 8.97. The van der Waals surface area contributed by atoms with Crippen molar-refractivity contribution in [2.45, 2.75) is 51.1 Å². The maximum absolute atomic E-state index is 12.2.